The third kappa shape index (κ3) is 3.17. The molecule has 0 saturated carbocycles. The van der Waals surface area contributed by atoms with Gasteiger partial charge in [-0.05, 0) is 36.8 Å². The predicted molar refractivity (Wildman–Crippen MR) is 83.1 cm³/mol. The molecule has 0 saturated heterocycles. The van der Waals surface area contributed by atoms with Crippen LogP contribution in [0.2, 0.25) is 0 Å². The Labute approximate surface area is 124 Å². The Hall–Kier alpha value is -2.46. The molecule has 1 unspecified atom stereocenters. The number of benzene rings is 1. The zero-order chi connectivity index (χ0) is 14.5. The van der Waals surface area contributed by atoms with Gasteiger partial charge in [-0.2, -0.15) is 5.10 Å². The average Bonchev–Trinajstić information content (AvgIpc) is 3.08. The standard InChI is InChI=1S/C17H18N4/c1-14(16-8-4-5-10-18-16)19-13-15-7-2-3-9-17(15)21-12-6-11-20-21/h2-12,14,19H,13H2,1H3. The first-order valence-electron chi connectivity index (χ1n) is 7.07. The maximum Gasteiger partial charge on any atom is 0.0690 e. The van der Waals surface area contributed by atoms with E-state index in [1.165, 1.54) is 5.56 Å². The lowest BCUT2D eigenvalue weighted by molar-refractivity contribution is 0.560. The molecule has 1 aromatic carbocycles. The zero-order valence-corrected chi connectivity index (χ0v) is 12.0. The van der Waals surface area contributed by atoms with Crippen molar-refractivity contribution in [1.82, 2.24) is 20.1 Å². The van der Waals surface area contributed by atoms with Gasteiger partial charge in [0.2, 0.25) is 0 Å². The summed E-state index contributed by atoms with van der Waals surface area (Å²) in [5.74, 6) is 0. The summed E-state index contributed by atoms with van der Waals surface area (Å²) >= 11 is 0. The SMILES string of the molecule is CC(NCc1ccccc1-n1cccn1)c1ccccn1. The molecule has 0 aliphatic heterocycles. The number of rotatable bonds is 5. The molecule has 2 heterocycles. The first-order chi connectivity index (χ1) is 10.3. The van der Waals surface area contributed by atoms with Crippen LogP contribution < -0.4 is 5.32 Å². The van der Waals surface area contributed by atoms with Crippen LogP contribution in [0, 0.1) is 0 Å². The van der Waals surface area contributed by atoms with Gasteiger partial charge in [0.15, 0.2) is 0 Å². The molecule has 2 aromatic heterocycles. The molecule has 3 aromatic rings. The lowest BCUT2D eigenvalue weighted by atomic mass is 10.1. The molecule has 0 fully saturated rings. The van der Waals surface area contributed by atoms with Crippen LogP contribution in [0.15, 0.2) is 67.1 Å². The Balaban J connectivity index is 1.74. The summed E-state index contributed by atoms with van der Waals surface area (Å²) in [6, 6.07) is 16.4. The van der Waals surface area contributed by atoms with Crippen LogP contribution in [0.25, 0.3) is 5.69 Å². The topological polar surface area (TPSA) is 42.7 Å². The second-order valence-electron chi connectivity index (χ2n) is 4.94. The van der Waals surface area contributed by atoms with E-state index in [1.54, 1.807) is 6.20 Å². The molecule has 0 aliphatic rings. The van der Waals surface area contributed by atoms with Crippen molar-refractivity contribution >= 4 is 0 Å². The molecule has 106 valence electrons. The van der Waals surface area contributed by atoms with Crippen LogP contribution in [0.5, 0.6) is 0 Å². The van der Waals surface area contributed by atoms with Gasteiger partial charge in [-0.25, -0.2) is 4.68 Å². The first-order valence-corrected chi connectivity index (χ1v) is 7.07. The number of pyridine rings is 1. The van der Waals surface area contributed by atoms with Crippen molar-refractivity contribution in [2.75, 3.05) is 0 Å². The second-order valence-corrected chi connectivity index (χ2v) is 4.94. The zero-order valence-electron chi connectivity index (χ0n) is 12.0. The lowest BCUT2D eigenvalue weighted by Crippen LogP contribution is -2.20. The van der Waals surface area contributed by atoms with Crippen LogP contribution >= 0.6 is 0 Å². The highest BCUT2D eigenvalue weighted by Crippen LogP contribution is 2.15. The maximum absolute atomic E-state index is 4.38. The van der Waals surface area contributed by atoms with E-state index in [0.29, 0.717) is 0 Å². The Bertz CT molecular complexity index is 677. The van der Waals surface area contributed by atoms with Gasteiger partial charge in [-0.3, -0.25) is 4.98 Å². The van der Waals surface area contributed by atoms with Crippen LogP contribution in [-0.4, -0.2) is 14.8 Å². The summed E-state index contributed by atoms with van der Waals surface area (Å²) in [5.41, 5.74) is 3.36. The molecule has 0 radical (unpaired) electrons. The van der Waals surface area contributed by atoms with E-state index in [0.717, 1.165) is 17.9 Å². The van der Waals surface area contributed by atoms with Gasteiger partial charge in [0, 0.05) is 31.2 Å². The van der Waals surface area contributed by atoms with Crippen molar-refractivity contribution in [2.45, 2.75) is 19.5 Å². The molecule has 4 heteroatoms. The second kappa shape index (κ2) is 6.33. The molecule has 0 bridgehead atoms. The molecule has 0 aliphatic carbocycles. The number of nitrogens with one attached hydrogen (secondary N) is 1. The van der Waals surface area contributed by atoms with Crippen molar-refractivity contribution in [1.29, 1.82) is 0 Å². The fourth-order valence-electron chi connectivity index (χ4n) is 2.29. The highest BCUT2D eigenvalue weighted by molar-refractivity contribution is 5.40. The fourth-order valence-corrected chi connectivity index (χ4v) is 2.29. The minimum Gasteiger partial charge on any atom is -0.305 e. The molecule has 0 amide bonds. The number of hydrogen-bond acceptors (Lipinski definition) is 3. The highest BCUT2D eigenvalue weighted by Gasteiger charge is 2.08. The Morgan fingerprint density at radius 3 is 2.67 bits per heavy atom. The molecular formula is C17H18N4. The third-order valence-corrected chi connectivity index (χ3v) is 3.47. The van der Waals surface area contributed by atoms with E-state index in [-0.39, 0.29) is 6.04 Å². The van der Waals surface area contributed by atoms with Gasteiger partial charge in [-0.15, -0.1) is 0 Å². The van der Waals surface area contributed by atoms with Crippen LogP contribution in [0.3, 0.4) is 0 Å². The molecule has 3 rings (SSSR count). The van der Waals surface area contributed by atoms with Gasteiger partial charge in [-0.1, -0.05) is 24.3 Å². The van der Waals surface area contributed by atoms with Crippen molar-refractivity contribution < 1.29 is 0 Å². The normalized spacial score (nSPS) is 12.2. The Kier molecular flexibility index (Phi) is 4.07. The number of nitrogens with zero attached hydrogens (tertiary/aromatic N) is 3. The highest BCUT2D eigenvalue weighted by atomic mass is 15.3. The molecule has 21 heavy (non-hydrogen) atoms. The molecular weight excluding hydrogens is 260 g/mol. The Morgan fingerprint density at radius 2 is 1.90 bits per heavy atom. The van der Waals surface area contributed by atoms with E-state index in [4.69, 9.17) is 0 Å². The van der Waals surface area contributed by atoms with Gasteiger partial charge < -0.3 is 5.32 Å². The maximum atomic E-state index is 4.38. The first kappa shape index (κ1) is 13.5. The van der Waals surface area contributed by atoms with Crippen LogP contribution in [-0.2, 0) is 6.54 Å². The number of aromatic nitrogens is 3. The third-order valence-electron chi connectivity index (χ3n) is 3.47. The van der Waals surface area contributed by atoms with Gasteiger partial charge >= 0.3 is 0 Å². The summed E-state index contributed by atoms with van der Waals surface area (Å²) in [6.07, 6.45) is 5.58. The summed E-state index contributed by atoms with van der Waals surface area (Å²) in [5, 5.41) is 7.82. The number of hydrogen-bond donors (Lipinski definition) is 1. The molecule has 0 spiro atoms. The molecule has 1 N–H and O–H groups in total. The van der Waals surface area contributed by atoms with Crippen molar-refractivity contribution in [3.8, 4) is 5.69 Å². The quantitative estimate of drug-likeness (QED) is 0.779. The van der Waals surface area contributed by atoms with Crippen LogP contribution in [0.1, 0.15) is 24.2 Å². The van der Waals surface area contributed by atoms with Crippen molar-refractivity contribution in [2.24, 2.45) is 0 Å². The van der Waals surface area contributed by atoms with E-state index in [2.05, 4.69) is 40.5 Å². The van der Waals surface area contributed by atoms with Gasteiger partial charge in [0.25, 0.3) is 0 Å². The number of para-hydroxylation sites is 1. The van der Waals surface area contributed by atoms with Crippen molar-refractivity contribution in [3.05, 3.63) is 78.4 Å². The van der Waals surface area contributed by atoms with E-state index < -0.39 is 0 Å². The van der Waals surface area contributed by atoms with Gasteiger partial charge in [0.05, 0.1) is 11.4 Å². The molecule has 4 nitrogen and oxygen atoms in total. The predicted octanol–water partition coefficient (Wildman–Crippen LogP) is 3.12. The van der Waals surface area contributed by atoms with E-state index in [9.17, 15) is 0 Å². The molecule has 1 atom stereocenters. The van der Waals surface area contributed by atoms with E-state index >= 15 is 0 Å². The van der Waals surface area contributed by atoms with Crippen LogP contribution in [0.4, 0.5) is 0 Å². The van der Waals surface area contributed by atoms with Crippen molar-refractivity contribution in [3.63, 3.8) is 0 Å². The summed E-state index contributed by atoms with van der Waals surface area (Å²) in [4.78, 5) is 4.38. The largest absolute Gasteiger partial charge is 0.305 e. The fraction of sp³-hybridized carbons (Fsp3) is 0.176. The minimum absolute atomic E-state index is 0.205. The monoisotopic (exact) mass is 278 g/mol. The minimum atomic E-state index is 0.205. The summed E-state index contributed by atoms with van der Waals surface area (Å²) in [6.45, 7) is 2.90. The van der Waals surface area contributed by atoms with E-state index in [1.807, 2.05) is 47.4 Å². The Morgan fingerprint density at radius 1 is 1.05 bits per heavy atom. The van der Waals surface area contributed by atoms with Gasteiger partial charge in [0.1, 0.15) is 0 Å². The average molecular weight is 278 g/mol. The smallest absolute Gasteiger partial charge is 0.0690 e. The summed E-state index contributed by atoms with van der Waals surface area (Å²) < 4.78 is 1.89. The summed E-state index contributed by atoms with van der Waals surface area (Å²) in [7, 11) is 0. The lowest BCUT2D eigenvalue weighted by Gasteiger charge is -2.15.